The maximum Gasteiger partial charge on any atom is 0.244 e. The molecule has 3 rings (SSSR count). The predicted octanol–water partition coefficient (Wildman–Crippen LogP) is 4.20. The normalized spacial score (nSPS) is 19.3. The summed E-state index contributed by atoms with van der Waals surface area (Å²) in [4.78, 5) is 11.9. The molecule has 1 aliphatic rings. The highest BCUT2D eigenvalue weighted by Gasteiger charge is 2.48. The molecule has 0 aliphatic carbocycles. The summed E-state index contributed by atoms with van der Waals surface area (Å²) < 4.78 is 28.1. The summed E-state index contributed by atoms with van der Waals surface area (Å²) in [6.07, 6.45) is 1.46. The van der Waals surface area contributed by atoms with Gasteiger partial charge in [0, 0.05) is 12.0 Å². The van der Waals surface area contributed by atoms with E-state index in [1.807, 2.05) is 30.3 Å². The third-order valence-electron chi connectivity index (χ3n) is 4.44. The minimum atomic E-state index is -0.832. The van der Waals surface area contributed by atoms with Gasteiger partial charge >= 0.3 is 0 Å². The first kappa shape index (κ1) is 19.5. The number of carbonyl (C=O) groups is 1. The van der Waals surface area contributed by atoms with Crippen LogP contribution < -0.4 is 5.73 Å². The van der Waals surface area contributed by atoms with E-state index in [1.165, 1.54) is 16.8 Å². The van der Waals surface area contributed by atoms with Gasteiger partial charge in [-0.15, -0.1) is 0 Å². The van der Waals surface area contributed by atoms with Gasteiger partial charge in [-0.1, -0.05) is 49.0 Å². The number of thioether (sulfide) groups is 1. The largest absolute Gasteiger partial charge is 0.330 e. The predicted molar refractivity (Wildman–Crippen MR) is 104 cm³/mol. The first-order valence-electron chi connectivity index (χ1n) is 8.83. The van der Waals surface area contributed by atoms with Gasteiger partial charge in [0.1, 0.15) is 21.5 Å². The van der Waals surface area contributed by atoms with Crippen molar-refractivity contribution in [3.63, 3.8) is 0 Å². The van der Waals surface area contributed by atoms with Crippen molar-refractivity contribution in [1.82, 2.24) is 5.01 Å². The van der Waals surface area contributed by atoms with Crippen LogP contribution in [-0.2, 0) is 9.67 Å². The molecule has 2 aromatic carbocycles. The van der Waals surface area contributed by atoms with E-state index in [2.05, 4.69) is 5.10 Å². The number of carbonyl (C=O) groups excluding carboxylic acids is 1. The molecule has 0 saturated heterocycles. The van der Waals surface area contributed by atoms with E-state index in [0.29, 0.717) is 19.4 Å². The molecule has 0 saturated carbocycles. The Morgan fingerprint density at radius 1 is 1.22 bits per heavy atom. The summed E-state index contributed by atoms with van der Waals surface area (Å²) in [5.74, 6) is -1.31. The number of hydrogen-bond acceptors (Lipinski definition) is 4. The van der Waals surface area contributed by atoms with Gasteiger partial charge in [-0.2, -0.15) is 5.10 Å². The third-order valence-corrected chi connectivity index (χ3v) is 5.89. The monoisotopic (exact) mass is 389 g/mol. The van der Waals surface area contributed by atoms with E-state index < -0.39 is 16.5 Å². The third kappa shape index (κ3) is 3.75. The molecular weight excluding hydrogens is 368 g/mol. The van der Waals surface area contributed by atoms with Crippen molar-refractivity contribution in [3.05, 3.63) is 71.3 Å². The molecule has 4 nitrogen and oxygen atoms in total. The van der Waals surface area contributed by atoms with Crippen molar-refractivity contribution in [2.45, 2.75) is 31.1 Å². The standard InChI is InChI=1S/C20H21F2N3OS/c1-2-18(26)25-20(11-6-12-23,14-7-4-3-5-8-14)27-19(24-25)16-13-15(21)9-10-17(16)22/h3-5,7-10,13H,2,6,11-12,23H2,1H3. The quantitative estimate of drug-likeness (QED) is 0.805. The lowest BCUT2D eigenvalue weighted by molar-refractivity contribution is -0.134. The van der Waals surface area contributed by atoms with Crippen LogP contribution in [-0.4, -0.2) is 22.5 Å². The lowest BCUT2D eigenvalue weighted by Crippen LogP contribution is -2.41. The Morgan fingerprint density at radius 3 is 2.63 bits per heavy atom. The molecule has 1 aliphatic heterocycles. The highest BCUT2D eigenvalue weighted by Crippen LogP contribution is 2.50. The first-order chi connectivity index (χ1) is 13.0. The fourth-order valence-electron chi connectivity index (χ4n) is 3.10. The fourth-order valence-corrected chi connectivity index (χ4v) is 4.53. The lowest BCUT2D eigenvalue weighted by atomic mass is 10.00. The Kier molecular flexibility index (Phi) is 5.92. The Bertz CT molecular complexity index is 860. The molecule has 7 heteroatoms. The van der Waals surface area contributed by atoms with Gasteiger partial charge in [-0.05, 0) is 43.1 Å². The van der Waals surface area contributed by atoms with Crippen LogP contribution >= 0.6 is 11.8 Å². The highest BCUT2D eigenvalue weighted by atomic mass is 32.2. The zero-order valence-electron chi connectivity index (χ0n) is 15.0. The molecule has 1 amide bonds. The molecule has 1 atom stereocenters. The van der Waals surface area contributed by atoms with Gasteiger partial charge in [0.15, 0.2) is 0 Å². The minimum Gasteiger partial charge on any atom is -0.330 e. The van der Waals surface area contributed by atoms with Crippen LogP contribution in [0.3, 0.4) is 0 Å². The van der Waals surface area contributed by atoms with Crippen molar-refractivity contribution in [2.24, 2.45) is 10.8 Å². The fraction of sp³-hybridized carbons (Fsp3) is 0.300. The Labute approximate surface area is 161 Å². The maximum atomic E-state index is 14.4. The van der Waals surface area contributed by atoms with Crippen molar-refractivity contribution in [1.29, 1.82) is 0 Å². The number of nitrogens with zero attached hydrogens (tertiary/aromatic N) is 2. The van der Waals surface area contributed by atoms with Crippen LogP contribution in [0.4, 0.5) is 8.78 Å². The molecule has 0 bridgehead atoms. The number of halogens is 2. The molecule has 0 radical (unpaired) electrons. The molecule has 142 valence electrons. The van der Waals surface area contributed by atoms with Crippen LogP contribution in [0.25, 0.3) is 0 Å². The summed E-state index contributed by atoms with van der Waals surface area (Å²) >= 11 is 1.27. The second kappa shape index (κ2) is 8.19. The summed E-state index contributed by atoms with van der Waals surface area (Å²) in [5, 5.41) is 6.14. The molecule has 1 heterocycles. The number of rotatable bonds is 6. The highest BCUT2D eigenvalue weighted by molar-refractivity contribution is 8.15. The molecule has 2 aromatic rings. The van der Waals surface area contributed by atoms with Gasteiger partial charge in [-0.3, -0.25) is 4.79 Å². The van der Waals surface area contributed by atoms with Crippen molar-refractivity contribution in [3.8, 4) is 0 Å². The topological polar surface area (TPSA) is 58.7 Å². The molecule has 0 aromatic heterocycles. The number of hydrazone groups is 1. The van der Waals surface area contributed by atoms with Gasteiger partial charge in [0.2, 0.25) is 5.91 Å². The molecule has 1 unspecified atom stereocenters. The van der Waals surface area contributed by atoms with Gasteiger partial charge in [0.05, 0.1) is 0 Å². The summed E-state index contributed by atoms with van der Waals surface area (Å²) in [7, 11) is 0. The van der Waals surface area contributed by atoms with E-state index in [1.54, 1.807) is 6.92 Å². The number of benzene rings is 2. The summed E-state index contributed by atoms with van der Waals surface area (Å²) in [5.41, 5.74) is 6.66. The van der Waals surface area contributed by atoms with Crippen LogP contribution in [0.5, 0.6) is 0 Å². The van der Waals surface area contributed by atoms with Crippen LogP contribution in [0.2, 0.25) is 0 Å². The number of nitrogens with two attached hydrogens (primary N) is 1. The van der Waals surface area contributed by atoms with Crippen molar-refractivity contribution in [2.75, 3.05) is 6.54 Å². The maximum absolute atomic E-state index is 14.4. The van der Waals surface area contributed by atoms with Crippen LogP contribution in [0, 0.1) is 11.6 Å². The van der Waals surface area contributed by atoms with Crippen molar-refractivity contribution < 1.29 is 13.6 Å². The molecule has 27 heavy (non-hydrogen) atoms. The minimum absolute atomic E-state index is 0.0551. The number of hydrogen-bond donors (Lipinski definition) is 1. The van der Waals surface area contributed by atoms with Gasteiger partial charge < -0.3 is 5.73 Å². The van der Waals surface area contributed by atoms with E-state index >= 15 is 0 Å². The molecular formula is C20H21F2N3OS. The van der Waals surface area contributed by atoms with Gasteiger partial charge in [0.25, 0.3) is 0 Å². The smallest absolute Gasteiger partial charge is 0.244 e. The van der Waals surface area contributed by atoms with Crippen LogP contribution in [0.15, 0.2) is 53.6 Å². The second-order valence-corrected chi connectivity index (χ2v) is 7.50. The first-order valence-corrected chi connectivity index (χ1v) is 9.65. The average molecular weight is 389 g/mol. The summed E-state index contributed by atoms with van der Waals surface area (Å²) in [6.45, 7) is 2.20. The van der Waals surface area contributed by atoms with E-state index in [9.17, 15) is 13.6 Å². The lowest BCUT2D eigenvalue weighted by Gasteiger charge is -2.35. The molecule has 0 fully saturated rings. The Balaban J connectivity index is 2.12. The average Bonchev–Trinajstić information content (AvgIpc) is 3.09. The SMILES string of the molecule is CCC(=O)N1N=C(c2cc(F)ccc2F)SC1(CCCN)c1ccccc1. The van der Waals surface area contributed by atoms with Gasteiger partial charge in [-0.25, -0.2) is 13.8 Å². The van der Waals surface area contributed by atoms with E-state index in [4.69, 9.17) is 5.73 Å². The summed E-state index contributed by atoms with van der Waals surface area (Å²) in [6, 6.07) is 12.7. The zero-order chi connectivity index (χ0) is 19.4. The van der Waals surface area contributed by atoms with E-state index in [-0.39, 0.29) is 22.9 Å². The Hall–Kier alpha value is -2.25. The molecule has 2 N–H and O–H groups in total. The second-order valence-electron chi connectivity index (χ2n) is 6.23. The van der Waals surface area contributed by atoms with Crippen molar-refractivity contribution >= 4 is 22.7 Å². The van der Waals surface area contributed by atoms with E-state index in [0.717, 1.165) is 23.8 Å². The molecule has 0 spiro atoms. The Morgan fingerprint density at radius 2 is 1.96 bits per heavy atom. The zero-order valence-corrected chi connectivity index (χ0v) is 15.8. The van der Waals surface area contributed by atoms with Crippen LogP contribution in [0.1, 0.15) is 37.3 Å². The number of amides is 1.